The minimum Gasteiger partial charge on any atom is -0.262 e. The Kier molecular flexibility index (Phi) is 7.58. The predicted octanol–water partition coefficient (Wildman–Crippen LogP) is 6.01. The number of hydrogen-bond donors (Lipinski definition) is 0. The first kappa shape index (κ1) is 20.4. The Balaban J connectivity index is 2.19. The summed E-state index contributed by atoms with van der Waals surface area (Å²) >= 11 is 17.3. The van der Waals surface area contributed by atoms with Crippen molar-refractivity contribution in [2.45, 2.75) is 10.7 Å². The van der Waals surface area contributed by atoms with Crippen molar-refractivity contribution in [2.75, 3.05) is 6.54 Å². The number of aliphatic imine (C=N–C) groups is 3. The van der Waals surface area contributed by atoms with Crippen molar-refractivity contribution >= 4 is 65.8 Å². The maximum atomic E-state index is 5.76. The van der Waals surface area contributed by atoms with Crippen LogP contribution in [0.4, 0.5) is 0 Å². The summed E-state index contributed by atoms with van der Waals surface area (Å²) in [7, 11) is 0. The van der Waals surface area contributed by atoms with Crippen molar-refractivity contribution in [2.24, 2.45) is 15.0 Å². The summed E-state index contributed by atoms with van der Waals surface area (Å²) in [5.74, 6) is 0.429. The van der Waals surface area contributed by atoms with Gasteiger partial charge in [-0.2, -0.15) is 0 Å². The normalized spacial score (nSPS) is 12.8. The molecule has 0 heterocycles. The molecule has 0 aliphatic carbocycles. The highest BCUT2D eigenvalue weighted by molar-refractivity contribution is 6.67. The number of nitrogens with zero attached hydrogens (tertiary/aromatic N) is 3. The quantitative estimate of drug-likeness (QED) is 0.252. The zero-order chi connectivity index (χ0) is 19.0. The molecule has 0 atom stereocenters. The van der Waals surface area contributed by atoms with E-state index >= 15 is 0 Å². The van der Waals surface area contributed by atoms with Gasteiger partial charge in [-0.15, -0.1) is 0 Å². The van der Waals surface area contributed by atoms with E-state index in [0.29, 0.717) is 5.84 Å². The van der Waals surface area contributed by atoms with E-state index in [4.69, 9.17) is 34.8 Å². The highest BCUT2D eigenvalue weighted by Gasteiger charge is 2.19. The van der Waals surface area contributed by atoms with E-state index in [9.17, 15) is 0 Å². The monoisotopic (exact) mass is 405 g/mol. The molecule has 0 unspecified atom stereocenters. The first-order chi connectivity index (χ1) is 12.4. The molecule has 0 saturated carbocycles. The van der Waals surface area contributed by atoms with Crippen LogP contribution in [-0.4, -0.2) is 29.2 Å². The Morgan fingerprint density at radius 3 is 2.35 bits per heavy atom. The molecule has 0 amide bonds. The molecule has 134 valence electrons. The van der Waals surface area contributed by atoms with Gasteiger partial charge in [0.05, 0.1) is 6.54 Å². The Morgan fingerprint density at radius 2 is 1.73 bits per heavy atom. The smallest absolute Gasteiger partial charge is 0.209 e. The Bertz CT molecular complexity index is 832. The van der Waals surface area contributed by atoms with Gasteiger partial charge in [0.2, 0.25) is 3.79 Å². The lowest BCUT2D eigenvalue weighted by Crippen LogP contribution is -2.10. The van der Waals surface area contributed by atoms with Gasteiger partial charge in [-0.1, -0.05) is 101 Å². The van der Waals surface area contributed by atoms with Crippen LogP contribution >= 0.6 is 34.8 Å². The van der Waals surface area contributed by atoms with Gasteiger partial charge >= 0.3 is 0 Å². The van der Waals surface area contributed by atoms with Crippen LogP contribution in [0.1, 0.15) is 22.3 Å². The third-order valence-corrected chi connectivity index (χ3v) is 3.71. The van der Waals surface area contributed by atoms with E-state index in [1.165, 1.54) is 11.9 Å². The molecular formula is C20H18Cl3N3. The minimum absolute atomic E-state index is 0.00348. The lowest BCUT2D eigenvalue weighted by molar-refractivity contribution is 1.02. The first-order valence-corrected chi connectivity index (χ1v) is 8.95. The maximum absolute atomic E-state index is 5.76. The van der Waals surface area contributed by atoms with Crippen LogP contribution in [0.2, 0.25) is 0 Å². The first-order valence-electron chi connectivity index (χ1n) is 7.82. The number of hydrogen-bond acceptors (Lipinski definition) is 1. The van der Waals surface area contributed by atoms with E-state index in [1.54, 1.807) is 0 Å². The lowest BCUT2D eigenvalue weighted by Gasteiger charge is -2.08. The largest absolute Gasteiger partial charge is 0.262 e. The number of amidine groups is 1. The van der Waals surface area contributed by atoms with Crippen molar-refractivity contribution < 1.29 is 0 Å². The standard InChI is InChI=1S/C20H18Cl3N3/c1-15-4-3-5-17(12-15)7-6-16-8-10-18(11-9-16)19(26-14-24-2)25-13-20(21,22)23/h3-12,14H,2,13H2,1H3. The summed E-state index contributed by atoms with van der Waals surface area (Å²) in [6, 6.07) is 16.1. The molecular weight excluding hydrogens is 389 g/mol. The van der Waals surface area contributed by atoms with Crippen molar-refractivity contribution in [3.63, 3.8) is 0 Å². The molecule has 0 aliphatic heterocycles. The van der Waals surface area contributed by atoms with Crippen LogP contribution in [0.15, 0.2) is 63.5 Å². The minimum atomic E-state index is -1.47. The van der Waals surface area contributed by atoms with E-state index in [-0.39, 0.29) is 6.54 Å². The molecule has 0 fully saturated rings. The average molecular weight is 407 g/mol. The van der Waals surface area contributed by atoms with E-state index in [2.05, 4.69) is 52.9 Å². The fraction of sp³-hybridized carbons (Fsp3) is 0.150. The second kappa shape index (κ2) is 9.67. The molecule has 2 rings (SSSR count). The van der Waals surface area contributed by atoms with Gasteiger partial charge in [0, 0.05) is 5.56 Å². The number of alkyl halides is 3. The van der Waals surface area contributed by atoms with Crippen LogP contribution in [-0.2, 0) is 0 Å². The number of halogens is 3. The van der Waals surface area contributed by atoms with Gasteiger partial charge in [0.25, 0.3) is 0 Å². The van der Waals surface area contributed by atoms with Gasteiger partial charge in [-0.05, 0) is 24.8 Å². The summed E-state index contributed by atoms with van der Waals surface area (Å²) in [4.78, 5) is 12.0. The Hall–Kier alpha value is -1.94. The molecule has 0 N–H and O–H groups in total. The van der Waals surface area contributed by atoms with Crippen LogP contribution in [0, 0.1) is 6.92 Å². The number of benzene rings is 2. The van der Waals surface area contributed by atoms with Crippen molar-refractivity contribution in [1.29, 1.82) is 0 Å². The maximum Gasteiger partial charge on any atom is 0.209 e. The second-order valence-electron chi connectivity index (χ2n) is 5.55. The SMILES string of the molecule is C=NC=NC(=NCC(Cl)(Cl)Cl)c1ccc(C=Cc2cccc(C)c2)cc1. The molecule has 0 aliphatic rings. The molecule has 3 nitrogen and oxygen atoms in total. The van der Waals surface area contributed by atoms with Gasteiger partial charge in [-0.25, -0.2) is 4.99 Å². The summed E-state index contributed by atoms with van der Waals surface area (Å²) in [5, 5.41) is 0. The van der Waals surface area contributed by atoms with Crippen molar-refractivity contribution in [3.05, 3.63) is 70.8 Å². The van der Waals surface area contributed by atoms with Crippen LogP contribution < -0.4 is 0 Å². The van der Waals surface area contributed by atoms with Crippen LogP contribution in [0.5, 0.6) is 0 Å². The van der Waals surface area contributed by atoms with Crippen molar-refractivity contribution in [1.82, 2.24) is 0 Å². The molecule has 26 heavy (non-hydrogen) atoms. The van der Waals surface area contributed by atoms with Crippen molar-refractivity contribution in [3.8, 4) is 0 Å². The van der Waals surface area contributed by atoms with Gasteiger partial charge in [-0.3, -0.25) is 9.98 Å². The molecule has 0 spiro atoms. The second-order valence-corrected chi connectivity index (χ2v) is 8.07. The fourth-order valence-corrected chi connectivity index (χ4v) is 2.36. The average Bonchev–Trinajstić information content (AvgIpc) is 2.60. The zero-order valence-electron chi connectivity index (χ0n) is 14.2. The summed E-state index contributed by atoms with van der Waals surface area (Å²) in [6.45, 7) is 5.44. The summed E-state index contributed by atoms with van der Waals surface area (Å²) < 4.78 is -1.47. The fourth-order valence-electron chi connectivity index (χ4n) is 2.18. The van der Waals surface area contributed by atoms with E-state index in [1.807, 2.05) is 36.4 Å². The van der Waals surface area contributed by atoms with Crippen LogP contribution in [0.25, 0.3) is 12.2 Å². The number of aryl methyl sites for hydroxylation is 1. The van der Waals surface area contributed by atoms with Gasteiger partial charge in [0.1, 0.15) is 6.34 Å². The summed E-state index contributed by atoms with van der Waals surface area (Å²) in [5.41, 5.74) is 4.24. The Labute approximate surface area is 168 Å². The third kappa shape index (κ3) is 7.12. The Morgan fingerprint density at radius 1 is 1.04 bits per heavy atom. The van der Waals surface area contributed by atoms with Crippen LogP contribution in [0.3, 0.4) is 0 Å². The molecule has 2 aromatic rings. The molecule has 6 heteroatoms. The van der Waals surface area contributed by atoms with Gasteiger partial charge < -0.3 is 0 Å². The zero-order valence-corrected chi connectivity index (χ0v) is 16.5. The predicted molar refractivity (Wildman–Crippen MR) is 116 cm³/mol. The number of rotatable bonds is 5. The third-order valence-electron chi connectivity index (χ3n) is 3.35. The highest BCUT2D eigenvalue weighted by Crippen LogP contribution is 2.26. The molecule has 0 radical (unpaired) electrons. The molecule has 0 aromatic heterocycles. The lowest BCUT2D eigenvalue weighted by atomic mass is 10.1. The topological polar surface area (TPSA) is 37.1 Å². The molecule has 2 aromatic carbocycles. The molecule has 0 bridgehead atoms. The summed E-state index contributed by atoms with van der Waals surface area (Å²) in [6.07, 6.45) is 5.42. The highest BCUT2D eigenvalue weighted by atomic mass is 35.6. The van der Waals surface area contributed by atoms with E-state index < -0.39 is 3.79 Å². The molecule has 0 saturated heterocycles. The van der Waals surface area contributed by atoms with E-state index in [0.717, 1.165) is 16.7 Å². The van der Waals surface area contributed by atoms with Gasteiger partial charge in [0.15, 0.2) is 5.84 Å².